The van der Waals surface area contributed by atoms with Gasteiger partial charge in [0, 0.05) is 38.8 Å². The van der Waals surface area contributed by atoms with Gasteiger partial charge in [0.25, 0.3) is 0 Å². The Kier molecular flexibility index (Phi) is 10.7. The first kappa shape index (κ1) is 23.2. The summed E-state index contributed by atoms with van der Waals surface area (Å²) in [5.74, 6) is 1.80. The third kappa shape index (κ3) is 8.41. The van der Waals surface area contributed by atoms with E-state index < -0.39 is 0 Å². The largest absolute Gasteiger partial charge is 0.375 e. The zero-order valence-corrected chi connectivity index (χ0v) is 19.1. The van der Waals surface area contributed by atoms with Crippen molar-refractivity contribution in [1.82, 2.24) is 9.80 Å². The van der Waals surface area contributed by atoms with Crippen LogP contribution in [0.15, 0.2) is 0 Å². The third-order valence-electron chi connectivity index (χ3n) is 7.17. The van der Waals surface area contributed by atoms with Crippen molar-refractivity contribution in [2.45, 2.75) is 111 Å². The molecule has 0 spiro atoms. The quantitative estimate of drug-likeness (QED) is 0.465. The molecule has 0 aromatic carbocycles. The van der Waals surface area contributed by atoms with Gasteiger partial charge in [-0.05, 0) is 70.6 Å². The molecule has 2 aliphatic rings. The third-order valence-corrected chi connectivity index (χ3v) is 7.17. The number of ether oxygens (including phenoxy) is 1. The second kappa shape index (κ2) is 12.4. The molecule has 0 aromatic heterocycles. The van der Waals surface area contributed by atoms with E-state index in [0.29, 0.717) is 12.2 Å². The van der Waals surface area contributed by atoms with Crippen molar-refractivity contribution in [1.29, 1.82) is 0 Å². The van der Waals surface area contributed by atoms with Crippen LogP contribution in [-0.4, -0.2) is 60.8 Å². The van der Waals surface area contributed by atoms with Gasteiger partial charge in [0.15, 0.2) is 0 Å². The Balaban J connectivity index is 1.56. The molecule has 1 saturated carbocycles. The molecule has 1 saturated heterocycles. The van der Waals surface area contributed by atoms with Crippen molar-refractivity contribution >= 4 is 0 Å². The predicted molar refractivity (Wildman–Crippen MR) is 117 cm³/mol. The van der Waals surface area contributed by atoms with Crippen molar-refractivity contribution in [2.75, 3.05) is 32.7 Å². The number of nitrogens with zero attached hydrogens (tertiary/aromatic N) is 2. The van der Waals surface area contributed by atoms with Crippen LogP contribution in [0.2, 0.25) is 0 Å². The maximum Gasteiger partial charge on any atom is 0.0579 e. The normalized spacial score (nSPS) is 28.8. The Morgan fingerprint density at radius 3 is 2.15 bits per heavy atom. The fourth-order valence-corrected chi connectivity index (χ4v) is 5.06. The second-order valence-corrected chi connectivity index (χ2v) is 9.65. The summed E-state index contributed by atoms with van der Waals surface area (Å²) in [6.45, 7) is 18.0. The lowest BCUT2D eigenvalue weighted by atomic mass is 9.83. The molecule has 3 nitrogen and oxygen atoms in total. The van der Waals surface area contributed by atoms with Gasteiger partial charge < -0.3 is 9.64 Å². The molecule has 160 valence electrons. The van der Waals surface area contributed by atoms with Crippen LogP contribution in [0.1, 0.15) is 92.4 Å². The first-order valence-electron chi connectivity index (χ1n) is 12.1. The molecule has 3 atom stereocenters. The van der Waals surface area contributed by atoms with Crippen LogP contribution in [0, 0.1) is 11.8 Å². The number of hydrogen-bond acceptors (Lipinski definition) is 3. The van der Waals surface area contributed by atoms with E-state index in [2.05, 4.69) is 44.4 Å². The fraction of sp³-hybridized carbons (Fsp3) is 1.00. The molecular formula is C24H48N2O. The molecule has 3 heteroatoms. The lowest BCUT2D eigenvalue weighted by molar-refractivity contribution is -0.0323. The molecule has 2 rings (SSSR count). The van der Waals surface area contributed by atoms with Gasteiger partial charge in [0.1, 0.15) is 0 Å². The van der Waals surface area contributed by atoms with Gasteiger partial charge in [0.2, 0.25) is 0 Å². The molecule has 1 heterocycles. The molecule has 1 aliphatic carbocycles. The Labute approximate surface area is 170 Å². The van der Waals surface area contributed by atoms with Crippen LogP contribution in [0.25, 0.3) is 0 Å². The minimum absolute atomic E-state index is 0.456. The van der Waals surface area contributed by atoms with Crippen molar-refractivity contribution in [3.05, 3.63) is 0 Å². The van der Waals surface area contributed by atoms with E-state index in [1.54, 1.807) is 0 Å². The average Bonchev–Trinajstić information content (AvgIpc) is 2.67. The maximum absolute atomic E-state index is 6.23. The van der Waals surface area contributed by atoms with Crippen LogP contribution in [-0.2, 0) is 4.74 Å². The summed E-state index contributed by atoms with van der Waals surface area (Å²) in [6, 6.07) is 0.758. The SMILES string of the molecule is CCCC(C)OC1CCC(CCC(C)CN2CCN(C(C)CC)CC2)CC1. The van der Waals surface area contributed by atoms with Crippen molar-refractivity contribution in [3.8, 4) is 0 Å². The Morgan fingerprint density at radius 2 is 1.56 bits per heavy atom. The topological polar surface area (TPSA) is 15.7 Å². The monoisotopic (exact) mass is 380 g/mol. The van der Waals surface area contributed by atoms with Crippen molar-refractivity contribution < 1.29 is 4.74 Å². The lowest BCUT2D eigenvalue weighted by Gasteiger charge is -2.39. The summed E-state index contributed by atoms with van der Waals surface area (Å²) >= 11 is 0. The highest BCUT2D eigenvalue weighted by atomic mass is 16.5. The van der Waals surface area contributed by atoms with Crippen LogP contribution < -0.4 is 0 Å². The first-order chi connectivity index (χ1) is 13.0. The van der Waals surface area contributed by atoms with Gasteiger partial charge in [-0.2, -0.15) is 0 Å². The summed E-state index contributed by atoms with van der Waals surface area (Å²) in [5.41, 5.74) is 0. The van der Waals surface area contributed by atoms with E-state index in [0.717, 1.165) is 17.9 Å². The average molecular weight is 381 g/mol. The summed E-state index contributed by atoms with van der Waals surface area (Å²) in [6.07, 6.45) is 13.0. The van der Waals surface area contributed by atoms with Gasteiger partial charge in [-0.1, -0.05) is 33.6 Å². The summed E-state index contributed by atoms with van der Waals surface area (Å²) in [7, 11) is 0. The van der Waals surface area contributed by atoms with Gasteiger partial charge in [-0.3, -0.25) is 4.90 Å². The van der Waals surface area contributed by atoms with E-state index in [9.17, 15) is 0 Å². The summed E-state index contributed by atoms with van der Waals surface area (Å²) in [4.78, 5) is 5.38. The zero-order chi connectivity index (χ0) is 19.6. The van der Waals surface area contributed by atoms with Crippen LogP contribution in [0.3, 0.4) is 0 Å². The molecule has 27 heavy (non-hydrogen) atoms. The molecule has 0 amide bonds. The molecule has 3 unspecified atom stereocenters. The van der Waals surface area contributed by atoms with E-state index in [1.165, 1.54) is 90.5 Å². The van der Waals surface area contributed by atoms with Gasteiger partial charge in [0.05, 0.1) is 12.2 Å². The highest BCUT2D eigenvalue weighted by Gasteiger charge is 2.24. The minimum atomic E-state index is 0.456. The number of piperazine rings is 1. The van der Waals surface area contributed by atoms with Gasteiger partial charge in [-0.25, -0.2) is 0 Å². The molecule has 0 radical (unpaired) electrons. The molecule has 0 aromatic rings. The summed E-state index contributed by atoms with van der Waals surface area (Å²) < 4.78 is 6.23. The first-order valence-corrected chi connectivity index (χ1v) is 12.1. The molecule has 1 aliphatic heterocycles. The van der Waals surface area contributed by atoms with Crippen molar-refractivity contribution in [3.63, 3.8) is 0 Å². The van der Waals surface area contributed by atoms with Gasteiger partial charge >= 0.3 is 0 Å². The van der Waals surface area contributed by atoms with Crippen LogP contribution in [0.4, 0.5) is 0 Å². The van der Waals surface area contributed by atoms with E-state index in [-0.39, 0.29) is 0 Å². The smallest absolute Gasteiger partial charge is 0.0579 e. The Hall–Kier alpha value is -0.120. The zero-order valence-electron chi connectivity index (χ0n) is 19.1. The number of rotatable bonds is 11. The highest BCUT2D eigenvalue weighted by molar-refractivity contribution is 4.78. The molecular weight excluding hydrogens is 332 g/mol. The highest BCUT2D eigenvalue weighted by Crippen LogP contribution is 2.31. The van der Waals surface area contributed by atoms with Crippen LogP contribution >= 0.6 is 0 Å². The number of hydrogen-bond donors (Lipinski definition) is 0. The molecule has 2 fully saturated rings. The molecule has 0 bridgehead atoms. The Bertz CT molecular complexity index is 373. The maximum atomic E-state index is 6.23. The second-order valence-electron chi connectivity index (χ2n) is 9.65. The van der Waals surface area contributed by atoms with E-state index >= 15 is 0 Å². The fourth-order valence-electron chi connectivity index (χ4n) is 5.06. The molecule has 0 N–H and O–H groups in total. The predicted octanol–water partition coefficient (Wildman–Crippen LogP) is 5.58. The van der Waals surface area contributed by atoms with E-state index in [1.807, 2.05) is 0 Å². The standard InChI is InChI=1S/C24H48N2O/c1-6-8-22(5)27-24-13-11-23(12-14-24)10-9-20(3)19-25-15-17-26(18-16-25)21(4)7-2/h20-24H,6-19H2,1-5H3. The lowest BCUT2D eigenvalue weighted by Crippen LogP contribution is -2.50. The summed E-state index contributed by atoms with van der Waals surface area (Å²) in [5, 5.41) is 0. The van der Waals surface area contributed by atoms with Gasteiger partial charge in [-0.15, -0.1) is 0 Å². The minimum Gasteiger partial charge on any atom is -0.375 e. The van der Waals surface area contributed by atoms with Crippen molar-refractivity contribution in [2.24, 2.45) is 11.8 Å². The van der Waals surface area contributed by atoms with Crippen LogP contribution in [0.5, 0.6) is 0 Å². The van der Waals surface area contributed by atoms with E-state index in [4.69, 9.17) is 4.74 Å². The Morgan fingerprint density at radius 1 is 0.889 bits per heavy atom.